The largest absolute Gasteiger partial charge is 0.507 e. The van der Waals surface area contributed by atoms with Crippen molar-refractivity contribution in [2.75, 3.05) is 0 Å². The summed E-state index contributed by atoms with van der Waals surface area (Å²) < 4.78 is 0. The fraction of sp³-hybridized carbons (Fsp3) is 0.222. The highest BCUT2D eigenvalue weighted by Crippen LogP contribution is 2.37. The molecule has 4 nitrogen and oxygen atoms in total. The van der Waals surface area contributed by atoms with E-state index in [0.717, 1.165) is 50.2 Å². The zero-order valence-electron chi connectivity index (χ0n) is 12.8. The zero-order valence-corrected chi connectivity index (χ0v) is 12.8. The van der Waals surface area contributed by atoms with E-state index in [1.165, 1.54) is 0 Å². The number of fused-ring (bicyclic) bond motifs is 2. The fourth-order valence-electron chi connectivity index (χ4n) is 3.14. The topological polar surface area (TPSA) is 54.5 Å². The van der Waals surface area contributed by atoms with Crippen molar-refractivity contribution in [1.82, 2.24) is 4.98 Å². The summed E-state index contributed by atoms with van der Waals surface area (Å²) >= 11 is 0. The summed E-state index contributed by atoms with van der Waals surface area (Å²) in [6.07, 6.45) is 0. The minimum Gasteiger partial charge on any atom is -0.507 e. The van der Waals surface area contributed by atoms with Crippen molar-refractivity contribution in [1.29, 1.82) is 0 Å². The predicted molar refractivity (Wildman–Crippen MR) is 85.0 cm³/mol. The molecule has 0 saturated heterocycles. The number of hydrogen-bond acceptors (Lipinski definition) is 3. The van der Waals surface area contributed by atoms with Crippen molar-refractivity contribution >= 4 is 10.9 Å². The average Bonchev–Trinajstić information content (AvgIpc) is 3.07. The van der Waals surface area contributed by atoms with Crippen molar-refractivity contribution in [3.63, 3.8) is 0 Å². The lowest BCUT2D eigenvalue weighted by molar-refractivity contribution is -0.194. The van der Waals surface area contributed by atoms with Gasteiger partial charge in [-0.15, -0.1) is 0 Å². The second-order valence-corrected chi connectivity index (χ2v) is 5.93. The van der Waals surface area contributed by atoms with E-state index in [9.17, 15) is 5.11 Å². The third-order valence-corrected chi connectivity index (χ3v) is 4.38. The highest BCUT2D eigenvalue weighted by molar-refractivity contribution is 5.92. The van der Waals surface area contributed by atoms with Gasteiger partial charge in [-0.25, -0.2) is 0 Å². The van der Waals surface area contributed by atoms with Gasteiger partial charge in [-0.3, -0.25) is 0 Å². The van der Waals surface area contributed by atoms with Crippen molar-refractivity contribution in [3.8, 4) is 22.8 Å². The number of hydrogen-bond donors (Lipinski definition) is 2. The van der Waals surface area contributed by atoms with Crippen LogP contribution in [-0.2, 0) is 11.5 Å². The first-order chi connectivity index (χ1) is 10.5. The molecule has 0 unspecified atom stereocenters. The molecular weight excluding hydrogens is 278 g/mol. The molecular formula is C18H17NO3. The number of phenols is 1. The van der Waals surface area contributed by atoms with Gasteiger partial charge in [0.05, 0.1) is 0 Å². The Morgan fingerprint density at radius 2 is 1.77 bits per heavy atom. The number of rotatable bonds is 1. The smallest absolute Gasteiger partial charge is 0.171 e. The van der Waals surface area contributed by atoms with Crippen LogP contribution >= 0.6 is 0 Å². The number of nitrogens with one attached hydrogen (secondary N) is 1. The molecule has 0 saturated carbocycles. The van der Waals surface area contributed by atoms with Gasteiger partial charge in [0.15, 0.2) is 5.75 Å². The molecule has 0 bridgehead atoms. The molecule has 0 radical (unpaired) electrons. The van der Waals surface area contributed by atoms with Crippen LogP contribution < -0.4 is 4.89 Å². The quantitative estimate of drug-likeness (QED) is 0.658. The van der Waals surface area contributed by atoms with E-state index in [1.54, 1.807) is 0 Å². The lowest BCUT2D eigenvalue weighted by atomic mass is 10.0. The Morgan fingerprint density at radius 3 is 2.50 bits per heavy atom. The number of aromatic amines is 1. The molecule has 0 aliphatic carbocycles. The number of aromatic nitrogens is 1. The molecule has 0 atom stereocenters. The van der Waals surface area contributed by atoms with Crippen LogP contribution in [0.25, 0.3) is 22.2 Å². The molecule has 0 amide bonds. The number of benzene rings is 2. The van der Waals surface area contributed by atoms with E-state index in [0.29, 0.717) is 12.4 Å². The van der Waals surface area contributed by atoms with E-state index in [4.69, 9.17) is 9.78 Å². The maximum absolute atomic E-state index is 9.96. The Kier molecular flexibility index (Phi) is 2.71. The van der Waals surface area contributed by atoms with E-state index < -0.39 is 0 Å². The first-order valence-corrected chi connectivity index (χ1v) is 7.30. The molecule has 1 aliphatic rings. The Bertz CT molecular complexity index is 885. The lowest BCUT2D eigenvalue weighted by Gasteiger charge is -2.07. The summed E-state index contributed by atoms with van der Waals surface area (Å²) in [5.41, 5.74) is 7.21. The monoisotopic (exact) mass is 295 g/mol. The summed E-state index contributed by atoms with van der Waals surface area (Å²) in [7, 11) is 0. The maximum atomic E-state index is 9.96. The first-order valence-electron chi connectivity index (χ1n) is 7.30. The molecule has 2 heterocycles. The molecule has 3 aromatic rings. The Labute approximate surface area is 128 Å². The first kappa shape index (κ1) is 13.2. The summed E-state index contributed by atoms with van der Waals surface area (Å²) in [4.78, 5) is 13.7. The maximum Gasteiger partial charge on any atom is 0.171 e. The highest BCUT2D eigenvalue weighted by Gasteiger charge is 2.18. The third kappa shape index (κ3) is 1.81. The van der Waals surface area contributed by atoms with Crippen LogP contribution in [0.1, 0.15) is 22.3 Å². The zero-order chi connectivity index (χ0) is 15.4. The van der Waals surface area contributed by atoms with Crippen molar-refractivity contribution in [3.05, 3.63) is 46.5 Å². The standard InChI is InChI=1S/C18H17NO3/c1-9-4-12(5-10(2)18(9)20)17-11(3)14-7-16-13(8-21-22-16)6-15(14)19-17/h4-7,19-20H,8H2,1-3H3. The van der Waals surface area contributed by atoms with Crippen molar-refractivity contribution in [2.45, 2.75) is 27.4 Å². The van der Waals surface area contributed by atoms with Crippen LogP contribution in [0.2, 0.25) is 0 Å². The summed E-state index contributed by atoms with van der Waals surface area (Å²) in [5.74, 6) is 1.15. The van der Waals surface area contributed by atoms with Gasteiger partial charge < -0.3 is 15.0 Å². The van der Waals surface area contributed by atoms with Gasteiger partial charge in [0, 0.05) is 22.2 Å². The minimum absolute atomic E-state index is 0.363. The summed E-state index contributed by atoms with van der Waals surface area (Å²) in [6.45, 7) is 6.41. The van der Waals surface area contributed by atoms with Crippen LogP contribution in [0, 0.1) is 20.8 Å². The Morgan fingerprint density at radius 1 is 1.05 bits per heavy atom. The van der Waals surface area contributed by atoms with Gasteiger partial charge in [-0.05, 0) is 67.3 Å². The Balaban J connectivity index is 1.94. The van der Waals surface area contributed by atoms with E-state index in [-0.39, 0.29) is 0 Å². The fourth-order valence-corrected chi connectivity index (χ4v) is 3.14. The van der Waals surface area contributed by atoms with E-state index in [2.05, 4.69) is 18.0 Å². The third-order valence-electron chi connectivity index (χ3n) is 4.38. The number of H-pyrrole nitrogens is 1. The van der Waals surface area contributed by atoms with Crippen molar-refractivity contribution in [2.24, 2.45) is 0 Å². The second kappa shape index (κ2) is 4.52. The molecule has 2 aromatic carbocycles. The van der Waals surface area contributed by atoms with Crippen molar-refractivity contribution < 1.29 is 14.9 Å². The lowest BCUT2D eigenvalue weighted by Crippen LogP contribution is -1.86. The van der Waals surface area contributed by atoms with Crippen LogP contribution in [0.3, 0.4) is 0 Å². The number of aromatic hydroxyl groups is 1. The normalized spacial score (nSPS) is 13.4. The molecule has 0 spiro atoms. The van der Waals surface area contributed by atoms with Gasteiger partial charge in [-0.2, -0.15) is 4.89 Å². The number of aryl methyl sites for hydroxylation is 3. The van der Waals surface area contributed by atoms with Gasteiger partial charge in [0.25, 0.3) is 0 Å². The van der Waals surface area contributed by atoms with Gasteiger partial charge in [-0.1, -0.05) is 0 Å². The number of phenolic OH excluding ortho intramolecular Hbond substituents is 1. The molecule has 2 N–H and O–H groups in total. The SMILES string of the molecule is Cc1cc(-c2[nH]c3cc4c(cc3c2C)OOC4)cc(C)c1O. The Hall–Kier alpha value is -2.46. The second-order valence-electron chi connectivity index (χ2n) is 5.93. The summed E-state index contributed by atoms with van der Waals surface area (Å²) in [6, 6.07) is 8.11. The van der Waals surface area contributed by atoms with Crippen LogP contribution in [-0.4, -0.2) is 10.1 Å². The highest BCUT2D eigenvalue weighted by atomic mass is 17.2. The minimum atomic E-state index is 0.363. The van der Waals surface area contributed by atoms with Crippen LogP contribution in [0.5, 0.6) is 11.5 Å². The predicted octanol–water partition coefficient (Wildman–Crippen LogP) is 4.29. The molecule has 1 aliphatic heterocycles. The average molecular weight is 295 g/mol. The summed E-state index contributed by atoms with van der Waals surface area (Å²) in [5, 5.41) is 11.1. The molecule has 112 valence electrons. The molecule has 1 aromatic heterocycles. The van der Waals surface area contributed by atoms with E-state index in [1.807, 2.05) is 32.0 Å². The van der Waals surface area contributed by atoms with Crippen LogP contribution in [0.15, 0.2) is 24.3 Å². The van der Waals surface area contributed by atoms with Gasteiger partial charge in [0.1, 0.15) is 12.4 Å². The van der Waals surface area contributed by atoms with E-state index >= 15 is 0 Å². The molecule has 0 fully saturated rings. The molecule has 4 rings (SSSR count). The van der Waals surface area contributed by atoms with Crippen LogP contribution in [0.4, 0.5) is 0 Å². The molecule has 4 heteroatoms. The van der Waals surface area contributed by atoms with Gasteiger partial charge in [0.2, 0.25) is 0 Å². The van der Waals surface area contributed by atoms with Gasteiger partial charge >= 0.3 is 0 Å². The molecule has 22 heavy (non-hydrogen) atoms.